The Morgan fingerprint density at radius 2 is 2.05 bits per heavy atom. The van der Waals surface area contributed by atoms with Crippen LogP contribution in [0.15, 0.2) is 0 Å². The maximum atomic E-state index is 12.0. The van der Waals surface area contributed by atoms with E-state index >= 15 is 0 Å². The van der Waals surface area contributed by atoms with Crippen molar-refractivity contribution in [3.05, 3.63) is 5.69 Å². The molecule has 104 valence electrons. The highest BCUT2D eigenvalue weighted by molar-refractivity contribution is 5.82. The summed E-state index contributed by atoms with van der Waals surface area (Å²) in [7, 11) is 3.18. The Morgan fingerprint density at radius 1 is 1.42 bits per heavy atom. The number of esters is 1. The summed E-state index contributed by atoms with van der Waals surface area (Å²) in [5, 5.41) is 4.30. The van der Waals surface area contributed by atoms with Crippen molar-refractivity contribution in [3.8, 4) is 0 Å². The molecule has 7 heteroatoms. The Balaban J connectivity index is 2.72. The van der Waals surface area contributed by atoms with Crippen molar-refractivity contribution in [3.63, 3.8) is 0 Å². The van der Waals surface area contributed by atoms with Crippen LogP contribution in [0.1, 0.15) is 25.6 Å². The lowest BCUT2D eigenvalue weighted by molar-refractivity contribution is -0.145. The fourth-order valence-corrected chi connectivity index (χ4v) is 2.38. The monoisotopic (exact) mass is 265 g/mol. The van der Waals surface area contributed by atoms with Crippen LogP contribution in [0.3, 0.4) is 0 Å². The van der Waals surface area contributed by atoms with Crippen LogP contribution >= 0.6 is 0 Å². The minimum Gasteiger partial charge on any atom is -0.467 e. The van der Waals surface area contributed by atoms with E-state index in [9.17, 15) is 4.79 Å². The number of fused-ring (bicyclic) bond motifs is 1. The molecule has 0 aliphatic carbocycles. The summed E-state index contributed by atoms with van der Waals surface area (Å²) in [6, 6.07) is -0.509. The summed E-state index contributed by atoms with van der Waals surface area (Å²) >= 11 is 0. The topological polar surface area (TPSA) is 88.0 Å². The molecule has 19 heavy (non-hydrogen) atoms. The number of ether oxygens (including phenoxy) is 1. The van der Waals surface area contributed by atoms with Gasteiger partial charge >= 0.3 is 5.97 Å². The number of carbonyl (C=O) groups excluding carboxylic acids is 1. The van der Waals surface area contributed by atoms with Gasteiger partial charge in [0.2, 0.25) is 5.95 Å². The molecule has 2 heterocycles. The lowest BCUT2D eigenvalue weighted by atomic mass is 10.0. The Bertz CT molecular complexity index is 626. The highest BCUT2D eigenvalue weighted by Crippen LogP contribution is 2.29. The van der Waals surface area contributed by atoms with Gasteiger partial charge in [-0.15, -0.1) is 0 Å². The van der Waals surface area contributed by atoms with Crippen molar-refractivity contribution >= 4 is 23.1 Å². The predicted molar refractivity (Wildman–Crippen MR) is 71.5 cm³/mol. The maximum Gasteiger partial charge on any atom is 0.329 e. The molecule has 0 aliphatic heterocycles. The molecule has 2 aromatic rings. The number of anilines is 1. The zero-order valence-electron chi connectivity index (χ0n) is 11.8. The molecule has 0 aliphatic rings. The van der Waals surface area contributed by atoms with Gasteiger partial charge < -0.3 is 10.5 Å². The third kappa shape index (κ3) is 1.94. The number of methoxy groups -OCH3 is 1. The second-order valence-corrected chi connectivity index (χ2v) is 4.93. The molecule has 0 spiro atoms. The lowest BCUT2D eigenvalue weighted by Gasteiger charge is -2.21. The van der Waals surface area contributed by atoms with E-state index in [1.54, 1.807) is 9.25 Å². The van der Waals surface area contributed by atoms with Crippen LogP contribution in [0.2, 0.25) is 0 Å². The van der Waals surface area contributed by atoms with E-state index < -0.39 is 6.04 Å². The number of aryl methyl sites for hydroxylation is 2. The SMILES string of the molecule is COC(=O)C(C(C)C)n1c(N)nc2c(C)nn(C)c21. The molecule has 0 amide bonds. The van der Waals surface area contributed by atoms with Gasteiger partial charge in [-0.05, 0) is 12.8 Å². The van der Waals surface area contributed by atoms with Crippen molar-refractivity contribution in [2.24, 2.45) is 13.0 Å². The minimum absolute atomic E-state index is 0.0300. The fourth-order valence-electron chi connectivity index (χ4n) is 2.38. The molecular weight excluding hydrogens is 246 g/mol. The lowest BCUT2D eigenvalue weighted by Crippen LogP contribution is -2.27. The molecular formula is C12H19N5O2. The summed E-state index contributed by atoms with van der Waals surface area (Å²) in [6.45, 7) is 5.74. The molecule has 2 aromatic heterocycles. The number of carbonyl (C=O) groups is 1. The largest absolute Gasteiger partial charge is 0.467 e. The average Bonchev–Trinajstić information content (AvgIpc) is 2.79. The smallest absolute Gasteiger partial charge is 0.329 e. The number of imidazole rings is 1. The Morgan fingerprint density at radius 3 is 2.58 bits per heavy atom. The second-order valence-electron chi connectivity index (χ2n) is 4.93. The molecule has 0 fully saturated rings. The van der Waals surface area contributed by atoms with Crippen LogP contribution in [0, 0.1) is 12.8 Å². The Labute approximate surface area is 111 Å². The third-order valence-corrected chi connectivity index (χ3v) is 3.21. The number of nitrogens with zero attached hydrogens (tertiary/aromatic N) is 4. The number of rotatable bonds is 3. The summed E-state index contributed by atoms with van der Waals surface area (Å²) in [5.41, 5.74) is 8.21. The van der Waals surface area contributed by atoms with Gasteiger partial charge in [0.05, 0.1) is 12.8 Å². The van der Waals surface area contributed by atoms with Gasteiger partial charge in [0, 0.05) is 7.05 Å². The van der Waals surface area contributed by atoms with Crippen LogP contribution in [0.25, 0.3) is 11.2 Å². The van der Waals surface area contributed by atoms with E-state index in [0.717, 1.165) is 16.9 Å². The quantitative estimate of drug-likeness (QED) is 0.837. The number of hydrogen-bond donors (Lipinski definition) is 1. The maximum absolute atomic E-state index is 12.0. The first kappa shape index (κ1) is 13.4. The zero-order chi connectivity index (χ0) is 14.3. The molecule has 0 radical (unpaired) electrons. The first-order valence-electron chi connectivity index (χ1n) is 6.13. The van der Waals surface area contributed by atoms with E-state index in [1.165, 1.54) is 7.11 Å². The zero-order valence-corrected chi connectivity index (χ0v) is 11.8. The van der Waals surface area contributed by atoms with E-state index in [0.29, 0.717) is 5.95 Å². The van der Waals surface area contributed by atoms with Crippen molar-refractivity contribution < 1.29 is 9.53 Å². The van der Waals surface area contributed by atoms with Crippen molar-refractivity contribution in [2.45, 2.75) is 26.8 Å². The van der Waals surface area contributed by atoms with Crippen molar-refractivity contribution in [2.75, 3.05) is 12.8 Å². The van der Waals surface area contributed by atoms with Gasteiger partial charge in [-0.2, -0.15) is 5.10 Å². The minimum atomic E-state index is -0.509. The molecule has 2 N–H and O–H groups in total. The Hall–Kier alpha value is -2.05. The highest BCUT2D eigenvalue weighted by Gasteiger charge is 2.30. The molecule has 0 bridgehead atoms. The van der Waals surface area contributed by atoms with Crippen molar-refractivity contribution in [1.82, 2.24) is 19.3 Å². The molecule has 1 atom stereocenters. The average molecular weight is 265 g/mol. The summed E-state index contributed by atoms with van der Waals surface area (Å²) in [4.78, 5) is 16.3. The van der Waals surface area contributed by atoms with E-state index in [-0.39, 0.29) is 11.9 Å². The summed E-state index contributed by atoms with van der Waals surface area (Å²) < 4.78 is 8.26. The fraction of sp³-hybridized carbons (Fsp3) is 0.583. The van der Waals surface area contributed by atoms with Crippen LogP contribution in [-0.2, 0) is 16.6 Å². The first-order chi connectivity index (χ1) is 8.88. The van der Waals surface area contributed by atoms with Crippen LogP contribution < -0.4 is 5.73 Å². The summed E-state index contributed by atoms with van der Waals surface area (Å²) in [5.74, 6) is -0.00240. The summed E-state index contributed by atoms with van der Waals surface area (Å²) in [6.07, 6.45) is 0. The van der Waals surface area contributed by atoms with Gasteiger partial charge in [-0.3, -0.25) is 9.25 Å². The van der Waals surface area contributed by atoms with Gasteiger partial charge in [-0.25, -0.2) is 9.78 Å². The number of nitrogens with two attached hydrogens (primary N) is 1. The molecule has 1 unspecified atom stereocenters. The van der Waals surface area contributed by atoms with Gasteiger partial charge in [0.25, 0.3) is 0 Å². The van der Waals surface area contributed by atoms with Gasteiger partial charge in [0.1, 0.15) is 11.6 Å². The molecule has 0 aromatic carbocycles. The molecule has 2 rings (SSSR count). The number of aromatic nitrogens is 4. The van der Waals surface area contributed by atoms with Gasteiger partial charge in [0.15, 0.2) is 5.65 Å². The highest BCUT2D eigenvalue weighted by atomic mass is 16.5. The van der Waals surface area contributed by atoms with E-state index in [1.807, 2.05) is 27.8 Å². The molecule has 7 nitrogen and oxygen atoms in total. The van der Waals surface area contributed by atoms with E-state index in [2.05, 4.69) is 10.1 Å². The van der Waals surface area contributed by atoms with E-state index in [4.69, 9.17) is 10.5 Å². The van der Waals surface area contributed by atoms with Crippen molar-refractivity contribution in [1.29, 1.82) is 0 Å². The standard InChI is InChI=1S/C12H19N5O2/c1-6(2)9(11(18)19-5)17-10-8(14-12(17)13)7(3)15-16(10)4/h6,9H,1-5H3,(H2,13,14). The molecule has 0 saturated heterocycles. The number of nitrogen functional groups attached to an aromatic ring is 1. The number of hydrogen-bond acceptors (Lipinski definition) is 5. The third-order valence-electron chi connectivity index (χ3n) is 3.21. The molecule has 0 saturated carbocycles. The van der Waals surface area contributed by atoms with Gasteiger partial charge in [-0.1, -0.05) is 13.8 Å². The van der Waals surface area contributed by atoms with Crippen LogP contribution in [0.5, 0.6) is 0 Å². The predicted octanol–water partition coefficient (Wildman–Crippen LogP) is 1.03. The van der Waals surface area contributed by atoms with Crippen LogP contribution in [0.4, 0.5) is 5.95 Å². The second kappa shape index (κ2) is 4.56. The Kier molecular flexibility index (Phi) is 3.21. The van der Waals surface area contributed by atoms with Crippen LogP contribution in [-0.4, -0.2) is 32.4 Å². The first-order valence-corrected chi connectivity index (χ1v) is 6.13. The normalized spacial score (nSPS) is 13.2.